The molecule has 0 saturated carbocycles. The normalized spacial score (nSPS) is 13.0. The molecule has 0 radical (unpaired) electrons. The predicted octanol–water partition coefficient (Wildman–Crippen LogP) is -1.20. The number of nitrogens with one attached hydrogen (secondary N) is 1. The van der Waals surface area contributed by atoms with Gasteiger partial charge in [0.05, 0.1) is 0 Å². The van der Waals surface area contributed by atoms with Gasteiger partial charge in [-0.1, -0.05) is 0 Å². The smallest absolute Gasteiger partial charge is 0.218 e. The molecule has 1 amide bonds. The maximum Gasteiger partial charge on any atom is 0.218 e. The molecule has 4 nitrogen and oxygen atoms in total. The van der Waals surface area contributed by atoms with E-state index in [1.54, 1.807) is 0 Å². The van der Waals surface area contributed by atoms with E-state index in [0.29, 0.717) is 19.5 Å². The fourth-order valence-corrected chi connectivity index (χ4v) is 0.525. The molecule has 0 heterocycles. The summed E-state index contributed by atoms with van der Waals surface area (Å²) in [5, 5.41) is 3.04. The number of hydrogen-bond acceptors (Lipinski definition) is 3. The highest BCUT2D eigenvalue weighted by molar-refractivity contribution is 5.73. The van der Waals surface area contributed by atoms with Gasteiger partial charge in [0.1, 0.15) is 0 Å². The van der Waals surface area contributed by atoms with Gasteiger partial charge in [-0.2, -0.15) is 0 Å². The maximum absolute atomic E-state index is 10.2. The maximum atomic E-state index is 10.2. The van der Waals surface area contributed by atoms with Crippen LogP contribution in [0.15, 0.2) is 0 Å². The molecule has 0 aliphatic heterocycles. The van der Waals surface area contributed by atoms with Gasteiger partial charge in [-0.15, -0.1) is 0 Å². The molecule has 5 N–H and O–H groups in total. The first-order valence-corrected chi connectivity index (χ1v) is 3.38. The van der Waals surface area contributed by atoms with Crippen LogP contribution in [0.4, 0.5) is 0 Å². The molecule has 0 aromatic heterocycles. The minimum absolute atomic E-state index is 0.263. The minimum atomic E-state index is -0.281. The van der Waals surface area contributed by atoms with Gasteiger partial charge in [0.15, 0.2) is 0 Å². The topological polar surface area (TPSA) is 81.1 Å². The minimum Gasteiger partial charge on any atom is -0.370 e. The Morgan fingerprint density at radius 2 is 2.30 bits per heavy atom. The van der Waals surface area contributed by atoms with E-state index in [-0.39, 0.29) is 11.9 Å². The van der Waals surface area contributed by atoms with Gasteiger partial charge in [-0.3, -0.25) is 4.79 Å². The van der Waals surface area contributed by atoms with Crippen LogP contribution in [0.3, 0.4) is 0 Å². The molecule has 0 rings (SSSR count). The van der Waals surface area contributed by atoms with Crippen molar-refractivity contribution in [3.63, 3.8) is 0 Å². The van der Waals surface area contributed by atoms with Gasteiger partial charge in [-0.25, -0.2) is 0 Å². The zero-order valence-electron chi connectivity index (χ0n) is 6.26. The van der Waals surface area contributed by atoms with Gasteiger partial charge in [0.2, 0.25) is 5.91 Å². The highest BCUT2D eigenvalue weighted by Gasteiger charge is 1.97. The summed E-state index contributed by atoms with van der Waals surface area (Å²) in [6.07, 6.45) is 0.379. The molecule has 0 bridgehead atoms. The van der Waals surface area contributed by atoms with E-state index in [1.807, 2.05) is 6.92 Å². The quantitative estimate of drug-likeness (QED) is 0.454. The summed E-state index contributed by atoms with van der Waals surface area (Å²) >= 11 is 0. The average Bonchev–Trinajstić information content (AvgIpc) is 1.87. The molecule has 0 aliphatic carbocycles. The molecule has 0 aromatic carbocycles. The van der Waals surface area contributed by atoms with Crippen molar-refractivity contribution < 1.29 is 4.79 Å². The van der Waals surface area contributed by atoms with Crippen LogP contribution in [0, 0.1) is 0 Å². The molecule has 4 heteroatoms. The second-order valence-corrected chi connectivity index (χ2v) is 2.31. The van der Waals surface area contributed by atoms with E-state index >= 15 is 0 Å². The van der Waals surface area contributed by atoms with Crippen molar-refractivity contribution in [2.45, 2.75) is 19.4 Å². The van der Waals surface area contributed by atoms with Crippen LogP contribution in [-0.2, 0) is 4.79 Å². The number of carbonyl (C=O) groups is 1. The van der Waals surface area contributed by atoms with Crippen molar-refractivity contribution >= 4 is 5.91 Å². The highest BCUT2D eigenvalue weighted by atomic mass is 16.1. The third kappa shape index (κ3) is 5.53. The third-order valence-electron chi connectivity index (χ3n) is 1.22. The van der Waals surface area contributed by atoms with Crippen LogP contribution < -0.4 is 16.8 Å². The number of hydrogen-bond donors (Lipinski definition) is 3. The summed E-state index contributed by atoms with van der Waals surface area (Å²) < 4.78 is 0. The van der Waals surface area contributed by atoms with E-state index in [9.17, 15) is 4.79 Å². The van der Waals surface area contributed by atoms with Crippen LogP contribution in [0.2, 0.25) is 0 Å². The molecular formula is C6H15N3O. The molecule has 0 fully saturated rings. The second kappa shape index (κ2) is 5.20. The molecule has 1 unspecified atom stereocenters. The Balaban J connectivity index is 3.11. The van der Waals surface area contributed by atoms with Crippen LogP contribution in [0.25, 0.3) is 0 Å². The lowest BCUT2D eigenvalue weighted by Gasteiger charge is -2.08. The molecule has 60 valence electrons. The Hall–Kier alpha value is -0.610. The first-order valence-electron chi connectivity index (χ1n) is 3.38. The first-order chi connectivity index (χ1) is 4.66. The number of rotatable bonds is 5. The third-order valence-corrected chi connectivity index (χ3v) is 1.22. The van der Waals surface area contributed by atoms with Crippen molar-refractivity contribution in [3.8, 4) is 0 Å². The van der Waals surface area contributed by atoms with Crippen LogP contribution in [0.1, 0.15) is 13.3 Å². The molecule has 0 aliphatic rings. The van der Waals surface area contributed by atoms with E-state index in [2.05, 4.69) is 5.32 Å². The summed E-state index contributed by atoms with van der Waals surface area (Å²) in [4.78, 5) is 10.2. The van der Waals surface area contributed by atoms with Crippen molar-refractivity contribution in [2.24, 2.45) is 11.5 Å². The second-order valence-electron chi connectivity index (χ2n) is 2.31. The summed E-state index contributed by atoms with van der Waals surface area (Å²) in [6.45, 7) is 3.16. The monoisotopic (exact) mass is 145 g/mol. The first kappa shape index (κ1) is 9.39. The standard InChI is InChI=1S/C6H15N3O/c1-5(4-7)9-3-2-6(8)10/h5,9H,2-4,7H2,1H3,(H2,8,10). The Labute approximate surface area is 61.0 Å². The fraction of sp³-hybridized carbons (Fsp3) is 0.833. The Morgan fingerprint density at radius 3 is 2.70 bits per heavy atom. The summed E-state index contributed by atoms with van der Waals surface area (Å²) in [7, 11) is 0. The SMILES string of the molecule is CC(CN)NCCC(N)=O. The largest absolute Gasteiger partial charge is 0.370 e. The summed E-state index contributed by atoms with van der Waals surface area (Å²) in [5.41, 5.74) is 10.2. The Bertz CT molecular complexity index is 105. The average molecular weight is 145 g/mol. The van der Waals surface area contributed by atoms with Crippen molar-refractivity contribution in [3.05, 3.63) is 0 Å². The molecule has 1 atom stereocenters. The van der Waals surface area contributed by atoms with Crippen molar-refractivity contribution in [1.29, 1.82) is 0 Å². The van der Waals surface area contributed by atoms with E-state index in [4.69, 9.17) is 11.5 Å². The summed E-state index contributed by atoms with van der Waals surface area (Å²) in [5.74, 6) is -0.281. The lowest BCUT2D eigenvalue weighted by Crippen LogP contribution is -2.35. The molecule has 0 aromatic rings. The zero-order valence-corrected chi connectivity index (χ0v) is 6.26. The van der Waals surface area contributed by atoms with Crippen LogP contribution in [-0.4, -0.2) is 25.0 Å². The molecular weight excluding hydrogens is 130 g/mol. The van der Waals surface area contributed by atoms with Crippen LogP contribution >= 0.6 is 0 Å². The van der Waals surface area contributed by atoms with Gasteiger partial charge >= 0.3 is 0 Å². The number of primary amides is 1. The molecule has 0 saturated heterocycles. The van der Waals surface area contributed by atoms with Gasteiger partial charge in [0, 0.05) is 25.6 Å². The molecule has 10 heavy (non-hydrogen) atoms. The van der Waals surface area contributed by atoms with E-state index < -0.39 is 0 Å². The number of nitrogens with two attached hydrogens (primary N) is 2. The Morgan fingerprint density at radius 1 is 1.70 bits per heavy atom. The summed E-state index contributed by atoms with van der Waals surface area (Å²) in [6, 6.07) is 0.263. The highest BCUT2D eigenvalue weighted by Crippen LogP contribution is 1.77. The van der Waals surface area contributed by atoms with E-state index in [0.717, 1.165) is 0 Å². The Kier molecular flexibility index (Phi) is 4.88. The van der Waals surface area contributed by atoms with E-state index in [1.165, 1.54) is 0 Å². The van der Waals surface area contributed by atoms with Gasteiger partial charge in [-0.05, 0) is 6.92 Å². The fourth-order valence-electron chi connectivity index (χ4n) is 0.525. The number of amides is 1. The number of carbonyl (C=O) groups excluding carboxylic acids is 1. The van der Waals surface area contributed by atoms with Gasteiger partial charge in [0.25, 0.3) is 0 Å². The molecule has 0 spiro atoms. The van der Waals surface area contributed by atoms with Crippen molar-refractivity contribution in [2.75, 3.05) is 13.1 Å². The predicted molar refractivity (Wildman–Crippen MR) is 40.3 cm³/mol. The zero-order chi connectivity index (χ0) is 7.98. The lowest BCUT2D eigenvalue weighted by atomic mass is 10.3. The van der Waals surface area contributed by atoms with Crippen molar-refractivity contribution in [1.82, 2.24) is 5.32 Å². The van der Waals surface area contributed by atoms with Crippen LogP contribution in [0.5, 0.6) is 0 Å². The lowest BCUT2D eigenvalue weighted by molar-refractivity contribution is -0.117. The van der Waals surface area contributed by atoms with Gasteiger partial charge < -0.3 is 16.8 Å².